The summed E-state index contributed by atoms with van der Waals surface area (Å²) in [5, 5.41) is 26.4. The molecule has 1 aromatic carbocycles. The lowest BCUT2D eigenvalue weighted by atomic mass is 9.90. The van der Waals surface area contributed by atoms with E-state index in [9.17, 15) is 5.11 Å². The van der Waals surface area contributed by atoms with Crippen LogP contribution in [0.5, 0.6) is 5.75 Å². The van der Waals surface area contributed by atoms with Crippen LogP contribution in [0.15, 0.2) is 67.0 Å². The Morgan fingerprint density at radius 2 is 1.97 bits per heavy atom. The minimum atomic E-state index is 0.274. The van der Waals surface area contributed by atoms with Crippen LogP contribution < -0.4 is 5.32 Å². The topological polar surface area (TPSA) is 93.2 Å². The molecule has 8 nitrogen and oxygen atoms in total. The summed E-state index contributed by atoms with van der Waals surface area (Å²) in [7, 11) is 1.89. The molecule has 0 spiro atoms. The maximum absolute atomic E-state index is 9.81. The van der Waals surface area contributed by atoms with Gasteiger partial charge < -0.3 is 10.4 Å². The Balaban J connectivity index is 1.32. The van der Waals surface area contributed by atoms with Crippen molar-refractivity contribution in [2.45, 2.75) is 25.2 Å². The molecule has 6 rings (SSSR count). The number of rotatable bonds is 5. The smallest absolute Gasteiger partial charge is 0.161 e. The third kappa shape index (κ3) is 3.59. The van der Waals surface area contributed by atoms with Gasteiger partial charge in [-0.05, 0) is 72.4 Å². The van der Waals surface area contributed by atoms with Crippen molar-refractivity contribution >= 4 is 17.3 Å². The predicted molar refractivity (Wildman–Crippen MR) is 126 cm³/mol. The van der Waals surface area contributed by atoms with Crippen molar-refractivity contribution in [3.8, 4) is 16.9 Å². The molecule has 5 aromatic rings. The number of benzene rings is 1. The highest BCUT2D eigenvalue weighted by Gasteiger charge is 2.25. The second kappa shape index (κ2) is 7.74. The predicted octanol–water partition coefficient (Wildman–Crippen LogP) is 4.25. The molecule has 1 unspecified atom stereocenters. The summed E-state index contributed by atoms with van der Waals surface area (Å²) >= 11 is 0. The summed E-state index contributed by atoms with van der Waals surface area (Å²) in [6, 6.07) is 17.7. The second-order valence-electron chi connectivity index (χ2n) is 8.49. The molecular weight excluding hydrogens is 414 g/mol. The highest BCUT2D eigenvalue weighted by Crippen LogP contribution is 2.34. The number of nitrogens with one attached hydrogen (secondary N) is 1. The third-order valence-electron chi connectivity index (χ3n) is 6.28. The Bertz CT molecular complexity index is 1470. The molecule has 164 valence electrons. The largest absolute Gasteiger partial charge is 0.508 e. The van der Waals surface area contributed by atoms with E-state index in [2.05, 4.69) is 48.2 Å². The van der Waals surface area contributed by atoms with Crippen LogP contribution in [0, 0.1) is 0 Å². The zero-order chi connectivity index (χ0) is 22.4. The van der Waals surface area contributed by atoms with Crippen LogP contribution in [0.25, 0.3) is 16.8 Å². The number of phenols is 1. The van der Waals surface area contributed by atoms with Crippen molar-refractivity contribution in [2.24, 2.45) is 7.05 Å². The molecule has 1 aliphatic heterocycles. The highest BCUT2D eigenvalue weighted by molar-refractivity contribution is 5.71. The van der Waals surface area contributed by atoms with Gasteiger partial charge >= 0.3 is 0 Å². The van der Waals surface area contributed by atoms with Crippen LogP contribution in [-0.4, -0.2) is 34.5 Å². The monoisotopic (exact) mass is 437 g/mol. The molecular formula is C25H23N7O. The summed E-state index contributed by atoms with van der Waals surface area (Å²) in [6.45, 7) is 0. The molecule has 33 heavy (non-hydrogen) atoms. The fraction of sp³-hybridized carbons (Fsp3) is 0.200. The van der Waals surface area contributed by atoms with Crippen LogP contribution in [0.3, 0.4) is 0 Å². The van der Waals surface area contributed by atoms with Gasteiger partial charge in [0, 0.05) is 30.9 Å². The molecule has 5 heterocycles. The summed E-state index contributed by atoms with van der Waals surface area (Å²) in [5.41, 5.74) is 5.35. The van der Waals surface area contributed by atoms with Crippen LogP contribution in [0.2, 0.25) is 0 Å². The Labute approximate surface area is 190 Å². The first-order valence-corrected chi connectivity index (χ1v) is 11.0. The van der Waals surface area contributed by atoms with Gasteiger partial charge in [0.25, 0.3) is 0 Å². The molecule has 8 heteroatoms. The fourth-order valence-electron chi connectivity index (χ4n) is 4.66. The molecule has 1 atom stereocenters. The van der Waals surface area contributed by atoms with E-state index in [1.165, 1.54) is 5.69 Å². The molecule has 0 saturated carbocycles. The number of aromatic hydroxyl groups is 1. The first kappa shape index (κ1) is 19.5. The number of hydrogen-bond acceptors (Lipinski definition) is 6. The molecule has 0 bridgehead atoms. The fourth-order valence-corrected chi connectivity index (χ4v) is 4.66. The molecule has 0 amide bonds. The first-order chi connectivity index (χ1) is 16.1. The van der Waals surface area contributed by atoms with Crippen LogP contribution >= 0.6 is 0 Å². The van der Waals surface area contributed by atoms with E-state index in [4.69, 9.17) is 0 Å². The zero-order valence-electron chi connectivity index (χ0n) is 18.2. The van der Waals surface area contributed by atoms with Crippen LogP contribution in [0.4, 0.5) is 11.6 Å². The molecule has 0 aliphatic carbocycles. The maximum atomic E-state index is 9.81. The van der Waals surface area contributed by atoms with Crippen LogP contribution in [-0.2, 0) is 19.9 Å². The molecule has 0 fully saturated rings. The van der Waals surface area contributed by atoms with Crippen molar-refractivity contribution in [1.29, 1.82) is 0 Å². The highest BCUT2D eigenvalue weighted by atomic mass is 16.3. The lowest BCUT2D eigenvalue weighted by Crippen LogP contribution is -2.17. The molecule has 0 saturated heterocycles. The average Bonchev–Trinajstić information content (AvgIpc) is 3.43. The van der Waals surface area contributed by atoms with E-state index < -0.39 is 0 Å². The van der Waals surface area contributed by atoms with Crippen molar-refractivity contribution < 1.29 is 5.11 Å². The Kier molecular flexibility index (Phi) is 4.57. The molecule has 2 N–H and O–H groups in total. The lowest BCUT2D eigenvalue weighted by Gasteiger charge is -2.23. The number of pyridine rings is 2. The van der Waals surface area contributed by atoms with E-state index in [1.807, 2.05) is 43.6 Å². The van der Waals surface area contributed by atoms with E-state index >= 15 is 0 Å². The van der Waals surface area contributed by atoms with Gasteiger partial charge in [-0.1, -0.05) is 12.1 Å². The average molecular weight is 438 g/mol. The number of nitrogens with zero attached hydrogens (tertiary/aromatic N) is 6. The van der Waals surface area contributed by atoms with Crippen molar-refractivity contribution in [2.75, 3.05) is 5.32 Å². The lowest BCUT2D eigenvalue weighted by molar-refractivity contribution is 0.473. The second-order valence-corrected chi connectivity index (χ2v) is 8.49. The minimum Gasteiger partial charge on any atom is -0.508 e. The van der Waals surface area contributed by atoms with Gasteiger partial charge in [0.15, 0.2) is 5.65 Å². The molecule has 1 aliphatic rings. The van der Waals surface area contributed by atoms with Gasteiger partial charge in [0.2, 0.25) is 0 Å². The summed E-state index contributed by atoms with van der Waals surface area (Å²) < 4.78 is 3.96. The van der Waals surface area contributed by atoms with E-state index in [1.54, 1.807) is 16.9 Å². The van der Waals surface area contributed by atoms with Gasteiger partial charge in [0.05, 0.1) is 6.20 Å². The van der Waals surface area contributed by atoms with E-state index in [0.29, 0.717) is 5.75 Å². The van der Waals surface area contributed by atoms with Gasteiger partial charge in [-0.15, -0.1) is 10.2 Å². The zero-order valence-corrected chi connectivity index (χ0v) is 18.2. The summed E-state index contributed by atoms with van der Waals surface area (Å²) in [6.07, 6.45) is 6.34. The Morgan fingerprint density at radius 1 is 1.03 bits per heavy atom. The minimum absolute atomic E-state index is 0.274. The quantitative estimate of drug-likeness (QED) is 0.427. The summed E-state index contributed by atoms with van der Waals surface area (Å²) in [5.74, 6) is 3.21. The number of anilines is 2. The number of aromatic nitrogens is 6. The maximum Gasteiger partial charge on any atom is 0.161 e. The van der Waals surface area contributed by atoms with Crippen molar-refractivity contribution in [3.05, 3.63) is 84.1 Å². The van der Waals surface area contributed by atoms with E-state index in [0.717, 1.165) is 59.1 Å². The van der Waals surface area contributed by atoms with E-state index in [-0.39, 0.29) is 5.92 Å². The standard InChI is InChI=1S/C25H23N7O/c1-31-23(8-10-27-31)28-22-14-17(7-9-26-22)19-13-20-6-5-18(11-16-3-2-4-21(33)12-16)25-30-29-24(15-19)32(20)25/h2-4,7-10,12-15,18,33H,5-6,11H2,1H3,(H,26,28). The molecule has 4 aromatic heterocycles. The Morgan fingerprint density at radius 3 is 2.82 bits per heavy atom. The first-order valence-electron chi connectivity index (χ1n) is 11.0. The van der Waals surface area contributed by atoms with Crippen molar-refractivity contribution in [3.63, 3.8) is 0 Å². The van der Waals surface area contributed by atoms with Gasteiger partial charge in [-0.3, -0.25) is 9.08 Å². The van der Waals surface area contributed by atoms with Crippen LogP contribution in [0.1, 0.15) is 29.4 Å². The van der Waals surface area contributed by atoms with Gasteiger partial charge in [-0.2, -0.15) is 5.10 Å². The molecule has 0 radical (unpaired) electrons. The SMILES string of the molecule is Cn1nccc1Nc1cc(-c2cc3n4c(nnc4c2)C(Cc2cccc(O)c2)CC3)ccn1. The van der Waals surface area contributed by atoms with Crippen molar-refractivity contribution in [1.82, 2.24) is 29.4 Å². The number of hydrogen-bond donors (Lipinski definition) is 2. The number of phenolic OH excluding ortho intramolecular Hbond substituents is 1. The summed E-state index contributed by atoms with van der Waals surface area (Å²) in [4.78, 5) is 4.45. The van der Waals surface area contributed by atoms with Gasteiger partial charge in [0.1, 0.15) is 23.2 Å². The van der Waals surface area contributed by atoms with Gasteiger partial charge in [-0.25, -0.2) is 4.98 Å². The third-order valence-corrected chi connectivity index (χ3v) is 6.28. The Hall–Kier alpha value is -4.20. The number of aryl methyl sites for hydroxylation is 2. The normalized spacial score (nSPS) is 15.1.